The lowest BCUT2D eigenvalue weighted by atomic mass is 10.0. The molecule has 1 heterocycles. The van der Waals surface area contributed by atoms with Crippen LogP contribution in [0, 0.1) is 10.8 Å². The fraction of sp³-hybridized carbons (Fsp3) is 0.615. The minimum Gasteiger partial charge on any atom is -0.478 e. The van der Waals surface area contributed by atoms with Crippen LogP contribution < -0.4 is 5.32 Å². The average Bonchev–Trinajstić information content (AvgIpc) is 2.67. The summed E-state index contributed by atoms with van der Waals surface area (Å²) in [5.74, 6) is -0.985. The first-order chi connectivity index (χ1) is 8.28. The molecule has 0 bridgehead atoms. The molecule has 0 spiro atoms. The third kappa shape index (κ3) is 1.88. The average molecular weight is 249 g/mol. The van der Waals surface area contributed by atoms with E-state index >= 15 is 0 Å². The SMILES string of the molecule is CC1(C)C(NCc2ncncc2C(=O)O)C1(C)C. The Kier molecular flexibility index (Phi) is 2.89. The maximum Gasteiger partial charge on any atom is 0.339 e. The molecule has 5 nitrogen and oxygen atoms in total. The van der Waals surface area contributed by atoms with Gasteiger partial charge >= 0.3 is 5.97 Å². The topological polar surface area (TPSA) is 75.1 Å². The van der Waals surface area contributed by atoms with Gasteiger partial charge in [-0.05, 0) is 10.8 Å². The number of nitrogens with one attached hydrogen (secondary N) is 1. The van der Waals surface area contributed by atoms with Crippen LogP contribution in [-0.2, 0) is 6.54 Å². The van der Waals surface area contributed by atoms with Crippen molar-refractivity contribution in [2.75, 3.05) is 0 Å². The van der Waals surface area contributed by atoms with Crippen molar-refractivity contribution >= 4 is 5.97 Å². The van der Waals surface area contributed by atoms with Gasteiger partial charge in [-0.2, -0.15) is 0 Å². The lowest BCUT2D eigenvalue weighted by molar-refractivity contribution is 0.0694. The molecular weight excluding hydrogens is 230 g/mol. The van der Waals surface area contributed by atoms with Crippen molar-refractivity contribution in [3.8, 4) is 0 Å². The Balaban J connectivity index is 2.07. The van der Waals surface area contributed by atoms with E-state index < -0.39 is 5.97 Å². The van der Waals surface area contributed by atoms with E-state index in [2.05, 4.69) is 43.0 Å². The van der Waals surface area contributed by atoms with E-state index in [1.54, 1.807) is 0 Å². The third-order valence-corrected chi connectivity index (χ3v) is 4.52. The Morgan fingerprint density at radius 2 is 2.00 bits per heavy atom. The number of rotatable bonds is 4. The van der Waals surface area contributed by atoms with Gasteiger partial charge in [0.05, 0.1) is 5.69 Å². The second-order valence-corrected chi connectivity index (χ2v) is 5.95. The summed E-state index contributed by atoms with van der Waals surface area (Å²) < 4.78 is 0. The highest BCUT2D eigenvalue weighted by molar-refractivity contribution is 5.88. The highest BCUT2D eigenvalue weighted by Crippen LogP contribution is 2.62. The summed E-state index contributed by atoms with van der Waals surface area (Å²) in [6.07, 6.45) is 2.72. The zero-order chi connectivity index (χ0) is 13.6. The van der Waals surface area contributed by atoms with Gasteiger partial charge in [0.25, 0.3) is 0 Å². The molecule has 98 valence electrons. The van der Waals surface area contributed by atoms with Gasteiger partial charge in [-0.1, -0.05) is 27.7 Å². The van der Waals surface area contributed by atoms with Crippen LogP contribution in [0.15, 0.2) is 12.5 Å². The quantitative estimate of drug-likeness (QED) is 0.849. The molecule has 2 rings (SSSR count). The molecule has 1 aliphatic rings. The Hall–Kier alpha value is -1.49. The standard InChI is InChI=1S/C13H19N3O2/c1-12(2)11(13(12,3)4)15-6-9-8(10(17)18)5-14-7-16-9/h5,7,11,15H,6H2,1-4H3,(H,17,18). The molecule has 0 amide bonds. The summed E-state index contributed by atoms with van der Waals surface area (Å²) in [4.78, 5) is 18.8. The molecule has 0 atom stereocenters. The first-order valence-electron chi connectivity index (χ1n) is 6.04. The van der Waals surface area contributed by atoms with Crippen LogP contribution in [-0.4, -0.2) is 27.1 Å². The molecule has 18 heavy (non-hydrogen) atoms. The Morgan fingerprint density at radius 3 is 2.50 bits per heavy atom. The Bertz CT molecular complexity index is 469. The van der Waals surface area contributed by atoms with Crippen molar-refractivity contribution in [1.82, 2.24) is 15.3 Å². The lowest BCUT2D eigenvalue weighted by Gasteiger charge is -2.07. The van der Waals surface area contributed by atoms with E-state index in [1.807, 2.05) is 0 Å². The van der Waals surface area contributed by atoms with E-state index in [0.29, 0.717) is 18.3 Å². The van der Waals surface area contributed by atoms with Crippen LogP contribution in [0.25, 0.3) is 0 Å². The number of hydrogen-bond acceptors (Lipinski definition) is 4. The fourth-order valence-electron chi connectivity index (χ4n) is 2.58. The van der Waals surface area contributed by atoms with E-state index in [1.165, 1.54) is 12.5 Å². The van der Waals surface area contributed by atoms with Crippen molar-refractivity contribution in [3.63, 3.8) is 0 Å². The lowest BCUT2D eigenvalue weighted by Crippen LogP contribution is -2.23. The van der Waals surface area contributed by atoms with Gasteiger partial charge < -0.3 is 10.4 Å². The van der Waals surface area contributed by atoms with Crippen molar-refractivity contribution in [1.29, 1.82) is 0 Å². The number of carbonyl (C=O) groups is 1. The normalized spacial score (nSPS) is 20.7. The van der Waals surface area contributed by atoms with Crippen LogP contribution in [0.2, 0.25) is 0 Å². The molecule has 1 aromatic heterocycles. The van der Waals surface area contributed by atoms with Gasteiger partial charge in [0.2, 0.25) is 0 Å². The van der Waals surface area contributed by atoms with Gasteiger partial charge in [-0.15, -0.1) is 0 Å². The van der Waals surface area contributed by atoms with E-state index in [-0.39, 0.29) is 16.4 Å². The first kappa shape index (κ1) is 13.0. The molecule has 1 fully saturated rings. The number of hydrogen-bond donors (Lipinski definition) is 2. The van der Waals surface area contributed by atoms with Crippen molar-refractivity contribution in [2.24, 2.45) is 10.8 Å². The predicted octanol–water partition coefficient (Wildman–Crippen LogP) is 1.70. The van der Waals surface area contributed by atoms with Crippen molar-refractivity contribution in [2.45, 2.75) is 40.3 Å². The van der Waals surface area contributed by atoms with E-state index in [0.717, 1.165) is 0 Å². The first-order valence-corrected chi connectivity index (χ1v) is 6.04. The molecule has 0 radical (unpaired) electrons. The predicted molar refractivity (Wildman–Crippen MR) is 67.2 cm³/mol. The highest BCUT2D eigenvalue weighted by atomic mass is 16.4. The zero-order valence-electron chi connectivity index (χ0n) is 11.2. The van der Waals surface area contributed by atoms with Crippen LogP contribution >= 0.6 is 0 Å². The number of nitrogens with zero attached hydrogens (tertiary/aromatic N) is 2. The summed E-state index contributed by atoms with van der Waals surface area (Å²) in [5, 5.41) is 12.4. The summed E-state index contributed by atoms with van der Waals surface area (Å²) in [6.45, 7) is 9.30. The van der Waals surface area contributed by atoms with Gasteiger partial charge in [0.1, 0.15) is 11.9 Å². The van der Waals surface area contributed by atoms with E-state index in [4.69, 9.17) is 5.11 Å². The van der Waals surface area contributed by atoms with Gasteiger partial charge in [0.15, 0.2) is 0 Å². The van der Waals surface area contributed by atoms with Crippen molar-refractivity contribution < 1.29 is 9.90 Å². The molecule has 2 N–H and O–H groups in total. The summed E-state index contributed by atoms with van der Waals surface area (Å²) >= 11 is 0. The molecule has 5 heteroatoms. The van der Waals surface area contributed by atoms with Crippen LogP contribution in [0.1, 0.15) is 43.7 Å². The summed E-state index contributed by atoms with van der Waals surface area (Å²) in [7, 11) is 0. The highest BCUT2D eigenvalue weighted by Gasteiger charge is 2.64. The fourth-order valence-corrected chi connectivity index (χ4v) is 2.58. The Morgan fingerprint density at radius 1 is 1.39 bits per heavy atom. The maximum atomic E-state index is 11.0. The van der Waals surface area contributed by atoms with Crippen LogP contribution in [0.4, 0.5) is 0 Å². The minimum atomic E-state index is -0.985. The molecule has 1 saturated carbocycles. The molecule has 0 unspecified atom stereocenters. The number of carboxylic acid groups (broad SMARTS) is 1. The van der Waals surface area contributed by atoms with E-state index in [9.17, 15) is 4.79 Å². The van der Waals surface area contributed by atoms with Gasteiger partial charge in [-0.25, -0.2) is 14.8 Å². The minimum absolute atomic E-state index is 0.168. The summed E-state index contributed by atoms with van der Waals surface area (Å²) in [5.41, 5.74) is 1.16. The largest absolute Gasteiger partial charge is 0.478 e. The monoisotopic (exact) mass is 249 g/mol. The molecule has 1 aliphatic carbocycles. The molecule has 0 aliphatic heterocycles. The smallest absolute Gasteiger partial charge is 0.339 e. The maximum absolute atomic E-state index is 11.0. The molecular formula is C13H19N3O2. The molecule has 0 saturated heterocycles. The third-order valence-electron chi connectivity index (χ3n) is 4.52. The number of carboxylic acids is 1. The number of aromatic nitrogens is 2. The second-order valence-electron chi connectivity index (χ2n) is 5.95. The van der Waals surface area contributed by atoms with Crippen LogP contribution in [0.5, 0.6) is 0 Å². The van der Waals surface area contributed by atoms with Crippen LogP contribution in [0.3, 0.4) is 0 Å². The van der Waals surface area contributed by atoms with Crippen molar-refractivity contribution in [3.05, 3.63) is 23.8 Å². The molecule has 0 aromatic carbocycles. The van der Waals surface area contributed by atoms with Gasteiger partial charge in [-0.3, -0.25) is 0 Å². The second kappa shape index (κ2) is 4.02. The van der Waals surface area contributed by atoms with Gasteiger partial charge in [0, 0.05) is 18.8 Å². The summed E-state index contributed by atoms with van der Waals surface area (Å²) in [6, 6.07) is 0.376. The Labute approximate surface area is 107 Å². The molecule has 1 aromatic rings. The zero-order valence-corrected chi connectivity index (χ0v) is 11.2. The number of aromatic carboxylic acids is 1.